The van der Waals surface area contributed by atoms with Crippen molar-refractivity contribution in [2.75, 3.05) is 5.32 Å². The van der Waals surface area contributed by atoms with E-state index in [9.17, 15) is 4.39 Å². The maximum atomic E-state index is 13.5. The third kappa shape index (κ3) is 2.26. The van der Waals surface area contributed by atoms with E-state index >= 15 is 0 Å². The van der Waals surface area contributed by atoms with E-state index < -0.39 is 5.82 Å². The summed E-state index contributed by atoms with van der Waals surface area (Å²) in [5.74, 6) is -0.534. The number of nitrogens with zero attached hydrogens (tertiary/aromatic N) is 2. The summed E-state index contributed by atoms with van der Waals surface area (Å²) in [6.45, 7) is 0. The molecule has 0 aliphatic heterocycles. The molecular weight excluding hydrogens is 261 g/mol. The van der Waals surface area contributed by atoms with Gasteiger partial charge in [0.15, 0.2) is 5.13 Å². The number of aromatic nitrogens is 1. The van der Waals surface area contributed by atoms with Crippen LogP contribution in [-0.2, 0) is 0 Å². The third-order valence-electron chi connectivity index (χ3n) is 2.63. The quantitative estimate of drug-likeness (QED) is 0.763. The number of thiazole rings is 1. The van der Waals surface area contributed by atoms with E-state index in [2.05, 4.69) is 10.3 Å². The SMILES string of the molecule is N#Cc1ccc(Nc2nc3ccccc3s2)cc1F. The number of fused-ring (bicyclic) bond motifs is 1. The molecule has 0 aliphatic carbocycles. The predicted octanol–water partition coefficient (Wildman–Crippen LogP) is 4.05. The van der Waals surface area contributed by atoms with Crippen LogP contribution in [0.2, 0.25) is 0 Å². The van der Waals surface area contributed by atoms with Crippen molar-refractivity contribution < 1.29 is 4.39 Å². The molecule has 0 bridgehead atoms. The second-order valence-corrected chi connectivity index (χ2v) is 4.95. The zero-order chi connectivity index (χ0) is 13.2. The Kier molecular flexibility index (Phi) is 2.86. The lowest BCUT2D eigenvalue weighted by molar-refractivity contribution is 0.624. The normalized spacial score (nSPS) is 10.3. The van der Waals surface area contributed by atoms with Gasteiger partial charge >= 0.3 is 0 Å². The molecule has 1 heterocycles. The topological polar surface area (TPSA) is 48.7 Å². The molecule has 0 saturated heterocycles. The molecule has 0 saturated carbocycles. The Morgan fingerprint density at radius 1 is 1.21 bits per heavy atom. The number of halogens is 1. The van der Waals surface area contributed by atoms with Gasteiger partial charge in [-0.1, -0.05) is 23.5 Å². The monoisotopic (exact) mass is 269 g/mol. The van der Waals surface area contributed by atoms with Gasteiger partial charge in [-0.05, 0) is 30.3 Å². The maximum Gasteiger partial charge on any atom is 0.188 e. The van der Waals surface area contributed by atoms with Crippen molar-refractivity contribution in [1.29, 1.82) is 5.26 Å². The van der Waals surface area contributed by atoms with E-state index in [-0.39, 0.29) is 5.56 Å². The molecule has 0 fully saturated rings. The zero-order valence-corrected chi connectivity index (χ0v) is 10.5. The zero-order valence-electron chi connectivity index (χ0n) is 9.72. The van der Waals surface area contributed by atoms with E-state index in [1.807, 2.05) is 24.3 Å². The first-order valence-corrected chi connectivity index (χ1v) is 6.40. The Hall–Kier alpha value is -2.45. The Morgan fingerprint density at radius 2 is 2.05 bits per heavy atom. The number of rotatable bonds is 2. The first-order valence-electron chi connectivity index (χ1n) is 5.58. The minimum absolute atomic E-state index is 0.0369. The van der Waals surface area contributed by atoms with Crippen LogP contribution in [-0.4, -0.2) is 4.98 Å². The summed E-state index contributed by atoms with van der Waals surface area (Å²) in [6.07, 6.45) is 0. The van der Waals surface area contributed by atoms with Gasteiger partial charge in [0.05, 0.1) is 15.8 Å². The highest BCUT2D eigenvalue weighted by Crippen LogP contribution is 2.28. The predicted molar refractivity (Wildman–Crippen MR) is 74.0 cm³/mol. The summed E-state index contributed by atoms with van der Waals surface area (Å²) in [5, 5.41) is 12.4. The van der Waals surface area contributed by atoms with Gasteiger partial charge in [0, 0.05) is 5.69 Å². The summed E-state index contributed by atoms with van der Waals surface area (Å²) in [7, 11) is 0. The smallest absolute Gasteiger partial charge is 0.188 e. The average molecular weight is 269 g/mol. The summed E-state index contributed by atoms with van der Waals surface area (Å²) in [6, 6.07) is 14.0. The highest BCUT2D eigenvalue weighted by molar-refractivity contribution is 7.22. The second-order valence-electron chi connectivity index (χ2n) is 3.92. The Morgan fingerprint density at radius 3 is 2.79 bits per heavy atom. The highest BCUT2D eigenvalue weighted by atomic mass is 32.1. The van der Waals surface area contributed by atoms with Crippen molar-refractivity contribution >= 4 is 32.4 Å². The number of hydrogen-bond donors (Lipinski definition) is 1. The van der Waals surface area contributed by atoms with Gasteiger partial charge in [-0.3, -0.25) is 0 Å². The van der Waals surface area contributed by atoms with E-state index in [1.54, 1.807) is 12.1 Å². The molecule has 1 aromatic heterocycles. The second kappa shape index (κ2) is 4.67. The van der Waals surface area contributed by atoms with Gasteiger partial charge < -0.3 is 5.32 Å². The van der Waals surface area contributed by atoms with Gasteiger partial charge in [-0.15, -0.1) is 0 Å². The van der Waals surface area contributed by atoms with E-state index in [1.165, 1.54) is 23.5 Å². The van der Waals surface area contributed by atoms with Crippen LogP contribution in [0.25, 0.3) is 10.2 Å². The minimum atomic E-state index is -0.534. The van der Waals surface area contributed by atoms with Crippen LogP contribution in [0.4, 0.5) is 15.2 Å². The van der Waals surface area contributed by atoms with Crippen LogP contribution in [0, 0.1) is 17.1 Å². The maximum absolute atomic E-state index is 13.5. The molecule has 0 spiro atoms. The number of anilines is 2. The van der Waals surface area contributed by atoms with Crippen LogP contribution >= 0.6 is 11.3 Å². The standard InChI is InChI=1S/C14H8FN3S/c15-11-7-10(6-5-9(11)8-16)17-14-18-12-3-1-2-4-13(12)19-14/h1-7H,(H,17,18). The minimum Gasteiger partial charge on any atom is -0.331 e. The molecule has 92 valence electrons. The third-order valence-corrected chi connectivity index (χ3v) is 3.59. The molecule has 0 aliphatic rings. The number of hydrogen-bond acceptors (Lipinski definition) is 4. The fourth-order valence-electron chi connectivity index (χ4n) is 1.73. The van der Waals surface area contributed by atoms with Gasteiger partial charge in [0.1, 0.15) is 11.9 Å². The van der Waals surface area contributed by atoms with E-state index in [4.69, 9.17) is 5.26 Å². The van der Waals surface area contributed by atoms with Crippen LogP contribution in [0.3, 0.4) is 0 Å². The fraction of sp³-hybridized carbons (Fsp3) is 0. The van der Waals surface area contributed by atoms with Crippen LogP contribution < -0.4 is 5.32 Å². The number of nitriles is 1. The lowest BCUT2D eigenvalue weighted by Crippen LogP contribution is -1.91. The van der Waals surface area contributed by atoms with Crippen molar-refractivity contribution in [3.63, 3.8) is 0 Å². The number of para-hydroxylation sites is 1. The Bertz CT molecular complexity index is 756. The summed E-state index contributed by atoms with van der Waals surface area (Å²) in [5.41, 5.74) is 1.52. The largest absolute Gasteiger partial charge is 0.331 e. The molecule has 0 amide bonds. The lowest BCUT2D eigenvalue weighted by atomic mass is 10.2. The van der Waals surface area contributed by atoms with Gasteiger partial charge in [0.2, 0.25) is 0 Å². The molecule has 5 heteroatoms. The summed E-state index contributed by atoms with van der Waals surface area (Å²) >= 11 is 1.50. The van der Waals surface area contributed by atoms with Crippen molar-refractivity contribution in [3.8, 4) is 6.07 Å². The molecule has 2 aromatic carbocycles. The number of nitrogens with one attached hydrogen (secondary N) is 1. The van der Waals surface area contributed by atoms with Crippen LogP contribution in [0.15, 0.2) is 42.5 Å². The molecule has 3 nitrogen and oxygen atoms in total. The molecule has 3 rings (SSSR count). The van der Waals surface area contributed by atoms with Gasteiger partial charge in [0.25, 0.3) is 0 Å². The number of benzene rings is 2. The average Bonchev–Trinajstić information content (AvgIpc) is 2.81. The van der Waals surface area contributed by atoms with Crippen LogP contribution in [0.1, 0.15) is 5.56 Å². The molecule has 0 atom stereocenters. The van der Waals surface area contributed by atoms with Crippen molar-refractivity contribution in [3.05, 3.63) is 53.8 Å². The first kappa shape index (κ1) is 11.6. The molecule has 0 radical (unpaired) electrons. The summed E-state index contributed by atoms with van der Waals surface area (Å²) in [4.78, 5) is 4.40. The molecule has 19 heavy (non-hydrogen) atoms. The van der Waals surface area contributed by atoms with Crippen molar-refractivity contribution in [2.45, 2.75) is 0 Å². The molecule has 3 aromatic rings. The first-order chi connectivity index (χ1) is 9.26. The van der Waals surface area contributed by atoms with E-state index in [0.29, 0.717) is 10.8 Å². The lowest BCUT2D eigenvalue weighted by Gasteiger charge is -2.02. The molecular formula is C14H8FN3S. The van der Waals surface area contributed by atoms with Gasteiger partial charge in [-0.2, -0.15) is 5.26 Å². The molecule has 1 N–H and O–H groups in total. The van der Waals surface area contributed by atoms with Gasteiger partial charge in [-0.25, -0.2) is 9.37 Å². The molecule has 0 unspecified atom stereocenters. The van der Waals surface area contributed by atoms with Crippen molar-refractivity contribution in [2.24, 2.45) is 0 Å². The fourth-order valence-corrected chi connectivity index (χ4v) is 2.62. The van der Waals surface area contributed by atoms with Crippen molar-refractivity contribution in [1.82, 2.24) is 4.98 Å². The van der Waals surface area contributed by atoms with E-state index in [0.717, 1.165) is 10.2 Å². The summed E-state index contributed by atoms with van der Waals surface area (Å²) < 4.78 is 14.5. The highest BCUT2D eigenvalue weighted by Gasteiger charge is 2.06. The Balaban J connectivity index is 1.92. The Labute approximate surface area is 113 Å². The van der Waals surface area contributed by atoms with Crippen LogP contribution in [0.5, 0.6) is 0 Å².